The van der Waals surface area contributed by atoms with Gasteiger partial charge in [0.25, 0.3) is 0 Å². The van der Waals surface area contributed by atoms with E-state index in [1.807, 2.05) is 30.6 Å². The Bertz CT molecular complexity index is 457. The largest absolute Gasteiger partial charge is 0.386 e. The van der Waals surface area contributed by atoms with E-state index in [2.05, 4.69) is 13.0 Å². The quantitative estimate of drug-likeness (QED) is 0.113. The smallest absolute Gasteiger partial charge is 0.242 e. The number of aliphatic hydroxyl groups is 1. The van der Waals surface area contributed by atoms with Crippen LogP contribution < -0.4 is 0 Å². The van der Waals surface area contributed by atoms with Gasteiger partial charge in [-0.2, -0.15) is 0 Å². The zero-order valence-electron chi connectivity index (χ0n) is 16.7. The molecule has 0 saturated carbocycles. The van der Waals surface area contributed by atoms with Gasteiger partial charge in [-0.15, -0.1) is 0 Å². The molecule has 0 aliphatic heterocycles. The Morgan fingerprint density at radius 2 is 1.59 bits per heavy atom. The van der Waals surface area contributed by atoms with Crippen molar-refractivity contribution in [3.63, 3.8) is 0 Å². The molecule has 0 fully saturated rings. The first-order valence-electron chi connectivity index (χ1n) is 10.3. The van der Waals surface area contributed by atoms with Crippen molar-refractivity contribution in [1.82, 2.24) is 0 Å². The van der Waals surface area contributed by atoms with Gasteiger partial charge in [0.15, 0.2) is 6.29 Å². The summed E-state index contributed by atoms with van der Waals surface area (Å²) >= 11 is 0. The maximum absolute atomic E-state index is 11.2. The third kappa shape index (κ3) is 16.2. The molecule has 5 heteroatoms. The summed E-state index contributed by atoms with van der Waals surface area (Å²) in [4.78, 5) is 20.8. The second-order valence-corrected chi connectivity index (χ2v) is 6.81. The third-order valence-electron chi connectivity index (χ3n) is 4.39. The van der Waals surface area contributed by atoms with Crippen LogP contribution in [-0.2, 0) is 4.79 Å². The molecule has 0 aromatic carbocycles. The fourth-order valence-corrected chi connectivity index (χ4v) is 2.69. The van der Waals surface area contributed by atoms with Crippen LogP contribution in [0.4, 0.5) is 0 Å². The van der Waals surface area contributed by atoms with Crippen molar-refractivity contribution < 1.29 is 14.8 Å². The van der Waals surface area contributed by atoms with E-state index in [-0.39, 0.29) is 17.8 Å². The zero-order valence-corrected chi connectivity index (χ0v) is 16.7. The fraction of sp³-hybridized carbons (Fsp3) is 0.682. The summed E-state index contributed by atoms with van der Waals surface area (Å²) in [7, 11) is 0. The molecule has 0 aliphatic carbocycles. The molecule has 1 N–H and O–H groups in total. The maximum atomic E-state index is 11.2. The third-order valence-corrected chi connectivity index (χ3v) is 4.39. The number of rotatable bonds is 18. The lowest BCUT2D eigenvalue weighted by molar-refractivity contribution is -0.533. The van der Waals surface area contributed by atoms with Crippen LogP contribution in [0.2, 0.25) is 0 Å². The first-order chi connectivity index (χ1) is 13.1. The van der Waals surface area contributed by atoms with E-state index in [9.17, 15) is 20.0 Å². The summed E-state index contributed by atoms with van der Waals surface area (Å²) < 4.78 is 0. The standard InChI is InChI=1S/C22H36NO4/c1-2-3-4-5-12-15-18-21(23(26)27)22(25)19-16-13-10-8-6-7-9-11-14-17-20-24/h8,10,12-13,15-16,21-22,25H,2-7,9,11,14,17-19H2,1H3/b10-8-,15-12-,16-13-. The van der Waals surface area contributed by atoms with Gasteiger partial charge in [-0.25, -0.2) is 0 Å². The van der Waals surface area contributed by atoms with Crippen molar-refractivity contribution >= 4 is 6.29 Å². The molecular weight excluding hydrogens is 342 g/mol. The SMILES string of the molecule is CCCCC/C=C\CC(C(O)C/C=C\C=C/CCCCCC[C]=O)[N+](=O)[O-]. The van der Waals surface area contributed by atoms with Crippen molar-refractivity contribution in [2.45, 2.75) is 96.1 Å². The minimum absolute atomic E-state index is 0.270. The molecule has 0 aromatic heterocycles. The fourth-order valence-electron chi connectivity index (χ4n) is 2.69. The van der Waals surface area contributed by atoms with Gasteiger partial charge in [0.1, 0.15) is 6.10 Å². The lowest BCUT2D eigenvalue weighted by Crippen LogP contribution is -2.32. The molecule has 0 rings (SSSR count). The highest BCUT2D eigenvalue weighted by Crippen LogP contribution is 2.11. The second-order valence-electron chi connectivity index (χ2n) is 6.81. The van der Waals surface area contributed by atoms with E-state index in [0.29, 0.717) is 6.42 Å². The van der Waals surface area contributed by atoms with Crippen molar-refractivity contribution in [1.29, 1.82) is 0 Å². The summed E-state index contributed by atoms with van der Waals surface area (Å²) in [5.41, 5.74) is 0. The van der Waals surface area contributed by atoms with Crippen LogP contribution in [0.1, 0.15) is 84.0 Å². The molecule has 0 aromatic rings. The topological polar surface area (TPSA) is 80.4 Å². The first-order valence-corrected chi connectivity index (χ1v) is 10.3. The molecule has 153 valence electrons. The van der Waals surface area contributed by atoms with Crippen molar-refractivity contribution in [3.05, 3.63) is 46.6 Å². The Labute approximate surface area is 164 Å². The minimum atomic E-state index is -0.973. The van der Waals surface area contributed by atoms with E-state index in [0.717, 1.165) is 51.4 Å². The van der Waals surface area contributed by atoms with E-state index >= 15 is 0 Å². The molecule has 5 nitrogen and oxygen atoms in total. The van der Waals surface area contributed by atoms with Crippen molar-refractivity contribution in [2.24, 2.45) is 0 Å². The van der Waals surface area contributed by atoms with E-state index < -0.39 is 12.1 Å². The predicted molar refractivity (Wildman–Crippen MR) is 111 cm³/mol. The molecule has 0 bridgehead atoms. The molecule has 0 heterocycles. The van der Waals surface area contributed by atoms with Gasteiger partial charge in [0.05, 0.1) is 0 Å². The van der Waals surface area contributed by atoms with E-state index in [4.69, 9.17) is 0 Å². The number of carbonyl (C=O) groups excluding carboxylic acids is 1. The molecule has 27 heavy (non-hydrogen) atoms. The van der Waals surface area contributed by atoms with Gasteiger partial charge in [-0.3, -0.25) is 14.9 Å². The van der Waals surface area contributed by atoms with Crippen LogP contribution in [0, 0.1) is 10.1 Å². The molecule has 2 unspecified atom stereocenters. The Morgan fingerprint density at radius 1 is 0.926 bits per heavy atom. The highest BCUT2D eigenvalue weighted by atomic mass is 16.6. The summed E-state index contributed by atoms with van der Waals surface area (Å²) in [5, 5.41) is 21.2. The summed E-state index contributed by atoms with van der Waals surface area (Å²) in [6.45, 7) is 2.14. The van der Waals surface area contributed by atoms with Crippen LogP contribution in [-0.4, -0.2) is 28.5 Å². The number of hydrogen-bond acceptors (Lipinski definition) is 4. The number of allylic oxidation sites excluding steroid dienone is 4. The Hall–Kier alpha value is -1.75. The highest BCUT2D eigenvalue weighted by Gasteiger charge is 2.27. The molecule has 1 radical (unpaired) electrons. The Balaban J connectivity index is 3.99. The average Bonchev–Trinajstić information content (AvgIpc) is 2.65. The highest BCUT2D eigenvalue weighted by molar-refractivity contribution is 5.50. The molecular formula is C22H36NO4. The van der Waals surface area contributed by atoms with E-state index in [1.165, 1.54) is 6.42 Å². The van der Waals surface area contributed by atoms with E-state index in [1.54, 1.807) is 6.08 Å². The zero-order chi connectivity index (χ0) is 20.2. The lowest BCUT2D eigenvalue weighted by atomic mass is 10.0. The van der Waals surface area contributed by atoms with Gasteiger partial charge < -0.3 is 5.11 Å². The first kappa shape index (κ1) is 25.2. The van der Waals surface area contributed by atoms with Crippen LogP contribution >= 0.6 is 0 Å². The number of nitrogens with zero attached hydrogens (tertiary/aromatic N) is 1. The molecule has 0 amide bonds. The monoisotopic (exact) mass is 378 g/mol. The summed E-state index contributed by atoms with van der Waals surface area (Å²) in [5.74, 6) is 0. The van der Waals surface area contributed by atoms with Gasteiger partial charge in [-0.05, 0) is 38.5 Å². The lowest BCUT2D eigenvalue weighted by Gasteiger charge is -2.12. The van der Waals surface area contributed by atoms with Crippen LogP contribution in [0.25, 0.3) is 0 Å². The number of unbranched alkanes of at least 4 members (excludes halogenated alkanes) is 8. The Kier molecular flexibility index (Phi) is 17.8. The van der Waals surface area contributed by atoms with Gasteiger partial charge in [0.2, 0.25) is 6.04 Å². The molecule has 0 aliphatic rings. The predicted octanol–water partition coefficient (Wildman–Crippen LogP) is 5.47. The number of nitro groups is 1. The molecule has 0 saturated heterocycles. The summed E-state index contributed by atoms with van der Waals surface area (Å²) in [6.07, 6.45) is 22.9. The maximum Gasteiger partial charge on any atom is 0.242 e. The van der Waals surface area contributed by atoms with Crippen LogP contribution in [0.5, 0.6) is 0 Å². The number of hydrogen-bond donors (Lipinski definition) is 1. The molecule has 2 atom stereocenters. The van der Waals surface area contributed by atoms with Gasteiger partial charge in [-0.1, -0.05) is 69.1 Å². The van der Waals surface area contributed by atoms with Gasteiger partial charge >= 0.3 is 0 Å². The number of aliphatic hydroxyl groups excluding tert-OH is 1. The minimum Gasteiger partial charge on any atom is -0.386 e. The van der Waals surface area contributed by atoms with Crippen molar-refractivity contribution in [2.75, 3.05) is 0 Å². The summed E-state index contributed by atoms with van der Waals surface area (Å²) in [6, 6.07) is -0.954. The van der Waals surface area contributed by atoms with Crippen LogP contribution in [0.3, 0.4) is 0 Å². The van der Waals surface area contributed by atoms with Crippen LogP contribution in [0.15, 0.2) is 36.5 Å². The Morgan fingerprint density at radius 3 is 2.30 bits per heavy atom. The second kappa shape index (κ2) is 19.0. The average molecular weight is 379 g/mol. The van der Waals surface area contributed by atoms with Crippen molar-refractivity contribution in [3.8, 4) is 0 Å². The normalized spacial score (nSPS) is 14.3. The van der Waals surface area contributed by atoms with Gasteiger partial charge in [0, 0.05) is 17.8 Å². The molecule has 0 spiro atoms.